The normalized spacial score (nSPS) is 12.1. The van der Waals surface area contributed by atoms with Gasteiger partial charge in [0.2, 0.25) is 0 Å². The molecule has 0 spiro atoms. The Bertz CT molecular complexity index is 271. The fourth-order valence-corrected chi connectivity index (χ4v) is 0.591. The second-order valence-electron chi connectivity index (χ2n) is 1.97. The molecule has 0 aliphatic heterocycles. The molecular weight excluding hydrogens is 180 g/mol. The first kappa shape index (κ1) is 8.80. The fraction of sp³-hybridized carbons (Fsp3) is 0.143. The minimum atomic E-state index is -0.826. The van der Waals surface area contributed by atoms with Gasteiger partial charge in [0.15, 0.2) is 5.38 Å². The zero-order valence-corrected chi connectivity index (χ0v) is 6.94. The summed E-state index contributed by atoms with van der Waals surface area (Å²) < 4.78 is 1.17. The first-order valence-corrected chi connectivity index (χ1v) is 3.64. The predicted octanol–water partition coefficient (Wildman–Crippen LogP) is 0.632. The molecule has 0 aliphatic carbocycles. The van der Waals surface area contributed by atoms with Crippen LogP contribution in [0.25, 0.3) is 0 Å². The van der Waals surface area contributed by atoms with Crippen molar-refractivity contribution >= 4 is 17.6 Å². The van der Waals surface area contributed by atoms with E-state index >= 15 is 0 Å². The minimum absolute atomic E-state index is 0.579. The highest BCUT2D eigenvalue weighted by atomic mass is 35.5. The van der Waals surface area contributed by atoms with E-state index in [9.17, 15) is 4.79 Å². The van der Waals surface area contributed by atoms with Crippen LogP contribution in [0.5, 0.6) is 0 Å². The molecule has 0 N–H and O–H groups in total. The van der Waals surface area contributed by atoms with E-state index in [-0.39, 0.29) is 0 Å². The van der Waals surface area contributed by atoms with Gasteiger partial charge in [0.25, 0.3) is 0 Å². The van der Waals surface area contributed by atoms with E-state index in [0.717, 1.165) is 0 Å². The first-order chi connectivity index (χ1) is 5.74. The molecule has 1 aromatic rings. The quantitative estimate of drug-likeness (QED) is 0.514. The number of carbonyl (C=O) groups excluding carboxylic acids is 1. The maximum absolute atomic E-state index is 11.0. The van der Waals surface area contributed by atoms with Crippen molar-refractivity contribution in [2.45, 2.75) is 5.38 Å². The highest BCUT2D eigenvalue weighted by Gasteiger charge is 2.13. The van der Waals surface area contributed by atoms with E-state index in [1.54, 1.807) is 0 Å². The molecule has 0 fully saturated rings. The Morgan fingerprint density at radius 3 is 3.08 bits per heavy atom. The Morgan fingerprint density at radius 2 is 2.58 bits per heavy atom. The molecule has 5 heteroatoms. The third kappa shape index (κ3) is 2.10. The lowest BCUT2D eigenvalue weighted by atomic mass is 10.4. The van der Waals surface area contributed by atoms with Crippen molar-refractivity contribution in [3.05, 3.63) is 31.4 Å². The molecule has 1 aromatic heterocycles. The van der Waals surface area contributed by atoms with Crippen LogP contribution in [0.1, 0.15) is 0 Å². The molecule has 1 heterocycles. The van der Waals surface area contributed by atoms with Gasteiger partial charge in [-0.15, -0.1) is 18.2 Å². The van der Waals surface area contributed by atoms with Crippen LogP contribution in [0.2, 0.25) is 0 Å². The van der Waals surface area contributed by atoms with Gasteiger partial charge in [-0.3, -0.25) is 0 Å². The second-order valence-corrected chi connectivity index (χ2v) is 2.44. The number of hydrogen-bond acceptors (Lipinski definition) is 3. The van der Waals surface area contributed by atoms with E-state index in [4.69, 9.17) is 16.4 Å². The summed E-state index contributed by atoms with van der Waals surface area (Å²) in [5.41, 5.74) is 0. The SMILES string of the molecule is C=CC(Cl)C(=O)On1ccnc1. The van der Waals surface area contributed by atoms with Crippen LogP contribution in [0, 0.1) is 0 Å². The summed E-state index contributed by atoms with van der Waals surface area (Å²) in [6, 6.07) is 0. The van der Waals surface area contributed by atoms with E-state index < -0.39 is 11.3 Å². The third-order valence-corrected chi connectivity index (χ3v) is 1.46. The first-order valence-electron chi connectivity index (χ1n) is 3.21. The maximum atomic E-state index is 11.0. The molecule has 12 heavy (non-hydrogen) atoms. The topological polar surface area (TPSA) is 44.1 Å². The van der Waals surface area contributed by atoms with Crippen LogP contribution in [-0.4, -0.2) is 21.1 Å². The molecule has 0 saturated heterocycles. The average Bonchev–Trinajstić information content (AvgIpc) is 2.55. The van der Waals surface area contributed by atoms with Crippen LogP contribution >= 0.6 is 11.6 Å². The summed E-state index contributed by atoms with van der Waals surface area (Å²) in [6.45, 7) is 3.35. The van der Waals surface area contributed by atoms with Crippen molar-refractivity contribution in [2.24, 2.45) is 0 Å². The molecule has 64 valence electrons. The van der Waals surface area contributed by atoms with E-state index in [0.29, 0.717) is 0 Å². The second kappa shape index (κ2) is 3.92. The monoisotopic (exact) mass is 186 g/mol. The molecular formula is C7H7ClN2O2. The summed E-state index contributed by atoms with van der Waals surface area (Å²) in [7, 11) is 0. The number of imidazole rings is 1. The number of halogens is 1. The summed E-state index contributed by atoms with van der Waals surface area (Å²) in [5, 5.41) is -0.826. The number of rotatable bonds is 3. The van der Waals surface area contributed by atoms with Crippen molar-refractivity contribution in [2.75, 3.05) is 0 Å². The molecule has 4 nitrogen and oxygen atoms in total. The molecule has 1 rings (SSSR count). The van der Waals surface area contributed by atoms with Crippen LogP contribution in [0.15, 0.2) is 31.4 Å². The van der Waals surface area contributed by atoms with Crippen molar-refractivity contribution in [3.8, 4) is 0 Å². The number of hydrogen-bond donors (Lipinski definition) is 0. The standard InChI is InChI=1S/C7H7ClN2O2/c1-2-6(8)7(11)12-10-4-3-9-5-10/h2-6H,1H2. The molecule has 0 aromatic carbocycles. The number of aromatic nitrogens is 2. The number of nitrogens with zero attached hydrogens (tertiary/aromatic N) is 2. The van der Waals surface area contributed by atoms with Crippen LogP contribution in [0.4, 0.5) is 0 Å². The van der Waals surface area contributed by atoms with Crippen molar-refractivity contribution in [1.29, 1.82) is 0 Å². The van der Waals surface area contributed by atoms with Gasteiger partial charge >= 0.3 is 5.97 Å². The predicted molar refractivity (Wildman–Crippen MR) is 43.7 cm³/mol. The number of alkyl halides is 1. The number of carbonyl (C=O) groups is 1. The minimum Gasteiger partial charge on any atom is -0.334 e. The lowest BCUT2D eigenvalue weighted by Gasteiger charge is -2.03. The van der Waals surface area contributed by atoms with Gasteiger partial charge in [0.1, 0.15) is 6.33 Å². The van der Waals surface area contributed by atoms with Crippen LogP contribution in [0.3, 0.4) is 0 Å². The van der Waals surface area contributed by atoms with Gasteiger partial charge in [-0.1, -0.05) is 6.08 Å². The van der Waals surface area contributed by atoms with Crippen molar-refractivity contribution < 1.29 is 9.63 Å². The van der Waals surface area contributed by atoms with Gasteiger partial charge in [-0.25, -0.2) is 9.78 Å². The molecule has 0 aliphatic rings. The third-order valence-electron chi connectivity index (χ3n) is 1.11. The highest BCUT2D eigenvalue weighted by Crippen LogP contribution is 1.97. The van der Waals surface area contributed by atoms with Gasteiger partial charge in [0.05, 0.1) is 6.20 Å². The smallest absolute Gasteiger partial charge is 0.334 e. The maximum Gasteiger partial charge on any atom is 0.354 e. The van der Waals surface area contributed by atoms with Gasteiger partial charge in [0, 0.05) is 6.20 Å². The van der Waals surface area contributed by atoms with Gasteiger partial charge in [-0.2, -0.15) is 4.73 Å². The largest absolute Gasteiger partial charge is 0.354 e. The zero-order chi connectivity index (χ0) is 8.97. The molecule has 1 atom stereocenters. The fourth-order valence-electron chi connectivity index (χ4n) is 0.551. The summed E-state index contributed by atoms with van der Waals surface area (Å²) >= 11 is 5.51. The highest BCUT2D eigenvalue weighted by molar-refractivity contribution is 6.31. The molecule has 0 saturated carbocycles. The van der Waals surface area contributed by atoms with Gasteiger partial charge in [-0.05, 0) is 0 Å². The summed E-state index contributed by atoms with van der Waals surface area (Å²) in [4.78, 5) is 19.4. The molecule has 0 radical (unpaired) electrons. The Hall–Kier alpha value is -1.29. The Kier molecular flexibility index (Phi) is 2.88. The summed E-state index contributed by atoms with van der Waals surface area (Å²) in [5.74, 6) is -0.579. The zero-order valence-electron chi connectivity index (χ0n) is 6.18. The van der Waals surface area contributed by atoms with Crippen LogP contribution in [-0.2, 0) is 4.79 Å². The molecule has 0 bridgehead atoms. The Balaban J connectivity index is 2.53. The Labute approximate surface area is 74.4 Å². The van der Waals surface area contributed by atoms with E-state index in [1.807, 2.05) is 0 Å². The summed E-state index contributed by atoms with van der Waals surface area (Å²) in [6.07, 6.45) is 5.63. The lowest BCUT2D eigenvalue weighted by molar-refractivity contribution is -0.142. The van der Waals surface area contributed by atoms with E-state index in [2.05, 4.69) is 11.6 Å². The molecule has 1 unspecified atom stereocenters. The molecule has 0 amide bonds. The average molecular weight is 187 g/mol. The Morgan fingerprint density at radius 1 is 1.83 bits per heavy atom. The lowest BCUT2D eigenvalue weighted by Crippen LogP contribution is -2.25. The van der Waals surface area contributed by atoms with Gasteiger partial charge < -0.3 is 4.84 Å². The van der Waals surface area contributed by atoms with Crippen molar-refractivity contribution in [1.82, 2.24) is 9.71 Å². The van der Waals surface area contributed by atoms with Crippen LogP contribution < -0.4 is 4.84 Å². The van der Waals surface area contributed by atoms with E-state index in [1.165, 1.54) is 29.5 Å². The van der Waals surface area contributed by atoms with Crippen molar-refractivity contribution in [3.63, 3.8) is 0 Å².